The van der Waals surface area contributed by atoms with Gasteiger partial charge in [0.2, 0.25) is 0 Å². The smallest absolute Gasteiger partial charge is 0.365 e. The van der Waals surface area contributed by atoms with E-state index in [0.29, 0.717) is 23.0 Å². The van der Waals surface area contributed by atoms with Gasteiger partial charge in [0.15, 0.2) is 5.84 Å². The van der Waals surface area contributed by atoms with Gasteiger partial charge in [-0.2, -0.15) is 23.5 Å². The van der Waals surface area contributed by atoms with E-state index in [1.54, 1.807) is 23.4 Å². The number of hydrogen-bond acceptors (Lipinski definition) is 5. The lowest BCUT2D eigenvalue weighted by molar-refractivity contribution is -0.137. The average Bonchev–Trinajstić information content (AvgIpc) is 3.15. The van der Waals surface area contributed by atoms with Crippen molar-refractivity contribution >= 4 is 17.7 Å². The third-order valence-corrected chi connectivity index (χ3v) is 5.40. The molecule has 4 rings (SSSR count). The van der Waals surface area contributed by atoms with Gasteiger partial charge in [0.25, 0.3) is 0 Å². The largest absolute Gasteiger partial charge is 0.416 e. The van der Waals surface area contributed by atoms with Crippen LogP contribution < -0.4 is 5.32 Å². The van der Waals surface area contributed by atoms with E-state index in [0.717, 1.165) is 37.8 Å². The zero-order valence-electron chi connectivity index (χ0n) is 15.6. The van der Waals surface area contributed by atoms with Crippen LogP contribution in [0.5, 0.6) is 0 Å². The lowest BCUT2D eigenvalue weighted by Gasteiger charge is -2.25. The lowest BCUT2D eigenvalue weighted by atomic mass is 9.83. The predicted octanol–water partition coefficient (Wildman–Crippen LogP) is 4.52. The van der Waals surface area contributed by atoms with Crippen molar-refractivity contribution in [1.29, 1.82) is 5.26 Å². The third kappa shape index (κ3) is 4.19. The Kier molecular flexibility index (Phi) is 5.14. The van der Waals surface area contributed by atoms with Crippen molar-refractivity contribution in [3.8, 4) is 6.07 Å². The molecule has 0 saturated heterocycles. The Balaban J connectivity index is 1.49. The quantitative estimate of drug-likeness (QED) is 0.744. The first-order valence-corrected chi connectivity index (χ1v) is 9.58. The summed E-state index contributed by atoms with van der Waals surface area (Å²) >= 11 is 0. The summed E-state index contributed by atoms with van der Waals surface area (Å²) in [5.74, 6) is 0.969. The van der Waals surface area contributed by atoms with Gasteiger partial charge >= 0.3 is 6.18 Å². The number of rotatable bonds is 2. The van der Waals surface area contributed by atoms with E-state index in [-0.39, 0.29) is 12.1 Å². The van der Waals surface area contributed by atoms with E-state index >= 15 is 0 Å². The molecular formula is C21H20F3N5. The van der Waals surface area contributed by atoms with Crippen LogP contribution in [0.3, 0.4) is 0 Å². The highest BCUT2D eigenvalue weighted by atomic mass is 19.4. The molecule has 29 heavy (non-hydrogen) atoms. The molecule has 2 aliphatic heterocycles. The lowest BCUT2D eigenvalue weighted by Crippen LogP contribution is -2.34. The van der Waals surface area contributed by atoms with Crippen LogP contribution in [-0.2, 0) is 6.18 Å². The molecule has 0 spiro atoms. The van der Waals surface area contributed by atoms with E-state index in [1.165, 1.54) is 6.07 Å². The number of hydrogen-bond donors (Lipinski definition) is 1. The summed E-state index contributed by atoms with van der Waals surface area (Å²) in [6, 6.07) is 7.53. The molecule has 1 saturated carbocycles. The minimum Gasteiger partial charge on any atom is -0.365 e. The maximum atomic E-state index is 13.0. The average molecular weight is 399 g/mol. The fourth-order valence-electron chi connectivity index (χ4n) is 3.74. The minimum absolute atomic E-state index is 0.142. The number of hydrazone groups is 1. The van der Waals surface area contributed by atoms with Crippen LogP contribution in [0.2, 0.25) is 0 Å². The van der Waals surface area contributed by atoms with Crippen LogP contribution in [-0.4, -0.2) is 23.2 Å². The van der Waals surface area contributed by atoms with Crippen molar-refractivity contribution < 1.29 is 13.2 Å². The molecule has 150 valence electrons. The molecule has 1 fully saturated rings. The van der Waals surface area contributed by atoms with Crippen LogP contribution >= 0.6 is 0 Å². The van der Waals surface area contributed by atoms with Gasteiger partial charge in [-0.25, -0.2) is 10.0 Å². The molecule has 8 heteroatoms. The monoisotopic (exact) mass is 399 g/mol. The van der Waals surface area contributed by atoms with Crippen molar-refractivity contribution in [3.05, 3.63) is 53.7 Å². The summed E-state index contributed by atoms with van der Waals surface area (Å²) in [5, 5.41) is 18.3. The number of fused-ring (bicyclic) bond motifs is 1. The molecular weight excluding hydrogens is 379 g/mol. The highest BCUT2D eigenvalue weighted by molar-refractivity contribution is 5.99. The fraction of sp³-hybridized carbons (Fsp3) is 0.381. The Labute approximate surface area is 166 Å². The van der Waals surface area contributed by atoms with E-state index in [9.17, 15) is 13.2 Å². The first-order valence-electron chi connectivity index (χ1n) is 9.58. The third-order valence-electron chi connectivity index (χ3n) is 5.40. The van der Waals surface area contributed by atoms with Gasteiger partial charge < -0.3 is 5.32 Å². The second-order valence-corrected chi connectivity index (χ2v) is 7.40. The molecule has 3 aliphatic rings. The topological polar surface area (TPSA) is 63.8 Å². The number of alkyl halides is 3. The van der Waals surface area contributed by atoms with Crippen molar-refractivity contribution in [2.24, 2.45) is 21.9 Å². The predicted molar refractivity (Wildman–Crippen MR) is 104 cm³/mol. The Morgan fingerprint density at radius 3 is 2.76 bits per heavy atom. The van der Waals surface area contributed by atoms with Crippen LogP contribution in [0.1, 0.15) is 36.8 Å². The molecule has 0 radical (unpaired) electrons. The summed E-state index contributed by atoms with van der Waals surface area (Å²) in [4.78, 5) is 4.48. The van der Waals surface area contributed by atoms with E-state index in [4.69, 9.17) is 5.26 Å². The molecule has 0 amide bonds. The Morgan fingerprint density at radius 2 is 2.03 bits per heavy atom. The van der Waals surface area contributed by atoms with Crippen LogP contribution in [0, 0.1) is 23.2 Å². The van der Waals surface area contributed by atoms with Gasteiger partial charge in [-0.3, -0.25) is 0 Å². The fourth-order valence-corrected chi connectivity index (χ4v) is 3.74. The summed E-state index contributed by atoms with van der Waals surface area (Å²) < 4.78 is 39.1. The van der Waals surface area contributed by atoms with Crippen LogP contribution in [0.15, 0.2) is 52.7 Å². The van der Waals surface area contributed by atoms with Gasteiger partial charge in [0, 0.05) is 23.9 Å². The normalized spacial score (nSPS) is 26.6. The molecule has 1 unspecified atom stereocenters. The second-order valence-electron chi connectivity index (χ2n) is 7.40. The minimum atomic E-state index is -4.40. The SMILES string of the molecule is N#CC1CCC(C=NC2=NN3C(c4cccc(C(F)(F)F)c4)=CNC3C=C2)CC1. The number of nitriles is 1. The Bertz CT molecular complexity index is 930. The summed E-state index contributed by atoms with van der Waals surface area (Å²) in [6.07, 6.45) is 6.23. The highest BCUT2D eigenvalue weighted by Gasteiger charge is 2.33. The molecule has 0 aromatic heterocycles. The Morgan fingerprint density at radius 1 is 1.24 bits per heavy atom. The maximum Gasteiger partial charge on any atom is 0.416 e. The van der Waals surface area contributed by atoms with E-state index < -0.39 is 11.7 Å². The first kappa shape index (κ1) is 19.2. The number of nitrogens with zero attached hydrogens (tertiary/aromatic N) is 4. The van der Waals surface area contributed by atoms with Gasteiger partial charge in [-0.05, 0) is 55.9 Å². The second kappa shape index (κ2) is 7.74. The summed E-state index contributed by atoms with van der Waals surface area (Å²) in [5.41, 5.74) is 0.307. The Hall–Kier alpha value is -3.08. The summed E-state index contributed by atoms with van der Waals surface area (Å²) in [6.45, 7) is 0. The highest BCUT2D eigenvalue weighted by Crippen LogP contribution is 2.34. The van der Waals surface area contributed by atoms with Crippen molar-refractivity contribution in [1.82, 2.24) is 10.3 Å². The number of nitrogens with one attached hydrogen (secondary N) is 1. The number of benzene rings is 1. The summed E-state index contributed by atoms with van der Waals surface area (Å²) in [7, 11) is 0. The molecule has 5 nitrogen and oxygen atoms in total. The van der Waals surface area contributed by atoms with Crippen molar-refractivity contribution in [3.63, 3.8) is 0 Å². The molecule has 1 aromatic rings. The van der Waals surface area contributed by atoms with E-state index in [2.05, 4.69) is 21.5 Å². The van der Waals surface area contributed by atoms with Crippen molar-refractivity contribution in [2.45, 2.75) is 38.0 Å². The molecule has 2 heterocycles. The van der Waals surface area contributed by atoms with Crippen LogP contribution in [0.25, 0.3) is 5.70 Å². The number of amidine groups is 1. The number of aliphatic imine (C=N–C) groups is 1. The van der Waals surface area contributed by atoms with Crippen molar-refractivity contribution in [2.75, 3.05) is 0 Å². The first-order chi connectivity index (χ1) is 13.9. The maximum absolute atomic E-state index is 13.0. The van der Waals surface area contributed by atoms with Crippen LogP contribution in [0.4, 0.5) is 13.2 Å². The molecule has 1 aromatic carbocycles. The molecule has 0 bridgehead atoms. The number of halogens is 3. The van der Waals surface area contributed by atoms with Gasteiger partial charge in [-0.1, -0.05) is 12.1 Å². The standard InChI is InChI=1S/C21H20F3N5/c22-21(23,24)17-3-1-2-16(10-17)18-13-27-20-9-8-19(28-29(18)20)26-12-15-6-4-14(11-25)5-7-15/h1-3,8-10,12-15,20,27H,4-7H2. The van der Waals surface area contributed by atoms with E-state index in [1.807, 2.05) is 12.3 Å². The molecule has 1 atom stereocenters. The zero-order valence-corrected chi connectivity index (χ0v) is 15.6. The van der Waals surface area contributed by atoms with Gasteiger partial charge in [-0.15, -0.1) is 0 Å². The zero-order chi connectivity index (χ0) is 20.4. The molecule has 1 N–H and O–H groups in total. The molecule has 1 aliphatic carbocycles. The van der Waals surface area contributed by atoms with Gasteiger partial charge in [0.1, 0.15) is 6.17 Å². The van der Waals surface area contributed by atoms with Gasteiger partial charge in [0.05, 0.1) is 17.3 Å².